The molecule has 0 fully saturated rings. The number of aliphatic hydroxyl groups excluding tert-OH is 2. The van der Waals surface area contributed by atoms with Crippen molar-refractivity contribution in [1.82, 2.24) is 9.78 Å². The highest BCUT2D eigenvalue weighted by atomic mass is 16.3. The van der Waals surface area contributed by atoms with Gasteiger partial charge in [0.2, 0.25) is 0 Å². The van der Waals surface area contributed by atoms with Crippen molar-refractivity contribution in [2.24, 2.45) is 5.73 Å². The molecular formula is C13H17N3O2. The molecule has 96 valence electrons. The van der Waals surface area contributed by atoms with E-state index in [1.54, 1.807) is 10.9 Å². The second-order valence-electron chi connectivity index (χ2n) is 4.25. The zero-order valence-electron chi connectivity index (χ0n) is 10.2. The lowest BCUT2D eigenvalue weighted by atomic mass is 10.1. The average Bonchev–Trinajstić information content (AvgIpc) is 2.87. The molecule has 2 rings (SSSR count). The van der Waals surface area contributed by atoms with Crippen LogP contribution in [-0.2, 0) is 0 Å². The second-order valence-corrected chi connectivity index (χ2v) is 4.25. The summed E-state index contributed by atoms with van der Waals surface area (Å²) >= 11 is 0. The van der Waals surface area contributed by atoms with Crippen LogP contribution in [0.4, 0.5) is 0 Å². The molecular weight excluding hydrogens is 230 g/mol. The molecule has 5 nitrogen and oxygen atoms in total. The zero-order chi connectivity index (χ0) is 13.1. The van der Waals surface area contributed by atoms with Gasteiger partial charge in [-0.05, 0) is 18.6 Å². The lowest BCUT2D eigenvalue weighted by molar-refractivity contribution is 0.0243. The Morgan fingerprint density at radius 2 is 2.06 bits per heavy atom. The van der Waals surface area contributed by atoms with Crippen molar-refractivity contribution in [3.8, 4) is 5.69 Å². The summed E-state index contributed by atoms with van der Waals surface area (Å²) in [5, 5.41) is 23.5. The quantitative estimate of drug-likeness (QED) is 0.736. The molecule has 0 amide bonds. The van der Waals surface area contributed by atoms with Crippen molar-refractivity contribution in [3.05, 3.63) is 47.8 Å². The number of nitrogens with zero attached hydrogens (tertiary/aromatic N) is 2. The van der Waals surface area contributed by atoms with Gasteiger partial charge in [-0.2, -0.15) is 5.10 Å². The fourth-order valence-electron chi connectivity index (χ4n) is 1.79. The van der Waals surface area contributed by atoms with E-state index >= 15 is 0 Å². The topological polar surface area (TPSA) is 84.3 Å². The Labute approximate surface area is 105 Å². The van der Waals surface area contributed by atoms with Gasteiger partial charge in [-0.15, -0.1) is 0 Å². The lowest BCUT2D eigenvalue weighted by Crippen LogP contribution is -2.26. The monoisotopic (exact) mass is 247 g/mol. The van der Waals surface area contributed by atoms with E-state index in [1.165, 1.54) is 6.20 Å². The summed E-state index contributed by atoms with van der Waals surface area (Å²) in [6.45, 7) is 2.00. The van der Waals surface area contributed by atoms with Crippen molar-refractivity contribution >= 4 is 0 Å². The van der Waals surface area contributed by atoms with E-state index in [9.17, 15) is 10.2 Å². The molecule has 2 aromatic rings. The molecule has 4 N–H and O–H groups in total. The Balaban J connectivity index is 2.29. The van der Waals surface area contributed by atoms with Gasteiger partial charge in [0.1, 0.15) is 6.10 Å². The maximum Gasteiger partial charge on any atom is 0.109 e. The van der Waals surface area contributed by atoms with Gasteiger partial charge in [-0.25, -0.2) is 4.68 Å². The molecule has 18 heavy (non-hydrogen) atoms. The fraction of sp³-hybridized carbons (Fsp3) is 0.308. The van der Waals surface area contributed by atoms with Gasteiger partial charge in [0.15, 0.2) is 0 Å². The summed E-state index contributed by atoms with van der Waals surface area (Å²) < 4.78 is 1.68. The first-order valence-corrected chi connectivity index (χ1v) is 5.80. The minimum atomic E-state index is -1.01. The van der Waals surface area contributed by atoms with Crippen LogP contribution in [0.1, 0.15) is 17.2 Å². The molecule has 2 atom stereocenters. The van der Waals surface area contributed by atoms with Crippen LogP contribution in [0.2, 0.25) is 0 Å². The Morgan fingerprint density at radius 1 is 1.33 bits per heavy atom. The highest BCUT2D eigenvalue weighted by Gasteiger charge is 2.18. The summed E-state index contributed by atoms with van der Waals surface area (Å²) in [5.74, 6) is 0. The maximum atomic E-state index is 9.84. The summed E-state index contributed by atoms with van der Waals surface area (Å²) in [6.07, 6.45) is 1.26. The number of hydrogen-bond acceptors (Lipinski definition) is 4. The first kappa shape index (κ1) is 12.8. The van der Waals surface area contributed by atoms with E-state index in [0.29, 0.717) is 5.56 Å². The van der Waals surface area contributed by atoms with Crippen LogP contribution in [0.3, 0.4) is 0 Å². The average molecular weight is 247 g/mol. The molecule has 1 aromatic carbocycles. The normalized spacial score (nSPS) is 14.4. The van der Waals surface area contributed by atoms with Crippen LogP contribution in [0.25, 0.3) is 5.69 Å². The van der Waals surface area contributed by atoms with E-state index in [0.717, 1.165) is 11.3 Å². The number of benzene rings is 1. The molecule has 0 aliphatic rings. The van der Waals surface area contributed by atoms with Crippen LogP contribution in [0, 0.1) is 6.92 Å². The van der Waals surface area contributed by atoms with E-state index < -0.39 is 12.2 Å². The van der Waals surface area contributed by atoms with Crippen LogP contribution in [0.15, 0.2) is 36.7 Å². The van der Waals surface area contributed by atoms with Crippen molar-refractivity contribution in [2.45, 2.75) is 19.1 Å². The first-order chi connectivity index (χ1) is 8.63. The highest BCUT2D eigenvalue weighted by molar-refractivity contribution is 5.39. The number of aliphatic hydroxyl groups is 2. The fourth-order valence-corrected chi connectivity index (χ4v) is 1.79. The molecule has 0 aliphatic heterocycles. The molecule has 0 saturated heterocycles. The van der Waals surface area contributed by atoms with Crippen LogP contribution in [-0.4, -0.2) is 32.6 Å². The number of nitrogens with two attached hydrogens (primary N) is 1. The van der Waals surface area contributed by atoms with Crippen LogP contribution < -0.4 is 5.73 Å². The predicted octanol–water partition coefficient (Wildman–Crippen LogP) is 0.534. The number of hydrogen-bond donors (Lipinski definition) is 3. The summed E-state index contributed by atoms with van der Waals surface area (Å²) in [6, 6.07) is 7.81. The van der Waals surface area contributed by atoms with E-state index in [1.807, 2.05) is 31.2 Å². The third kappa shape index (κ3) is 2.43. The second kappa shape index (κ2) is 5.30. The van der Waals surface area contributed by atoms with Crippen LogP contribution in [0.5, 0.6) is 0 Å². The molecule has 0 saturated carbocycles. The molecule has 0 radical (unpaired) electrons. The molecule has 1 aromatic heterocycles. The van der Waals surface area contributed by atoms with Crippen molar-refractivity contribution < 1.29 is 10.2 Å². The smallest absolute Gasteiger partial charge is 0.109 e. The van der Waals surface area contributed by atoms with Gasteiger partial charge < -0.3 is 15.9 Å². The Morgan fingerprint density at radius 3 is 2.72 bits per heavy atom. The SMILES string of the molecule is Cc1ccccc1-n1cc(C(O)C(O)CN)cn1. The molecule has 0 aliphatic carbocycles. The highest BCUT2D eigenvalue weighted by Crippen LogP contribution is 2.19. The van der Waals surface area contributed by atoms with Gasteiger partial charge in [0.25, 0.3) is 0 Å². The molecule has 0 spiro atoms. The molecule has 2 unspecified atom stereocenters. The third-order valence-electron chi connectivity index (χ3n) is 2.91. The first-order valence-electron chi connectivity index (χ1n) is 5.80. The van der Waals surface area contributed by atoms with Crippen LogP contribution >= 0.6 is 0 Å². The number of para-hydroxylation sites is 1. The molecule has 0 bridgehead atoms. The Kier molecular flexibility index (Phi) is 3.76. The van der Waals surface area contributed by atoms with Crippen molar-refractivity contribution in [2.75, 3.05) is 6.54 Å². The Bertz CT molecular complexity index is 524. The Hall–Kier alpha value is -1.69. The van der Waals surface area contributed by atoms with Crippen molar-refractivity contribution in [3.63, 3.8) is 0 Å². The van der Waals surface area contributed by atoms with E-state index in [-0.39, 0.29) is 6.54 Å². The maximum absolute atomic E-state index is 9.84. The number of aromatic nitrogens is 2. The lowest BCUT2D eigenvalue weighted by Gasteiger charge is -2.13. The molecule has 1 heterocycles. The van der Waals surface area contributed by atoms with Gasteiger partial charge in [0, 0.05) is 18.3 Å². The van der Waals surface area contributed by atoms with Crippen molar-refractivity contribution in [1.29, 1.82) is 0 Å². The largest absolute Gasteiger partial charge is 0.389 e. The minimum absolute atomic E-state index is 0.0106. The molecule has 5 heteroatoms. The van der Waals surface area contributed by atoms with E-state index in [2.05, 4.69) is 5.10 Å². The number of aryl methyl sites for hydroxylation is 1. The van der Waals surface area contributed by atoms with Gasteiger partial charge >= 0.3 is 0 Å². The number of rotatable bonds is 4. The predicted molar refractivity (Wildman–Crippen MR) is 68.3 cm³/mol. The van der Waals surface area contributed by atoms with Gasteiger partial charge in [-0.3, -0.25) is 0 Å². The summed E-state index contributed by atoms with van der Waals surface area (Å²) in [5.41, 5.74) is 7.89. The zero-order valence-corrected chi connectivity index (χ0v) is 10.2. The van der Waals surface area contributed by atoms with E-state index in [4.69, 9.17) is 5.73 Å². The van der Waals surface area contributed by atoms with Gasteiger partial charge in [-0.1, -0.05) is 18.2 Å². The van der Waals surface area contributed by atoms with Gasteiger partial charge in [0.05, 0.1) is 18.0 Å². The standard InChI is InChI=1S/C13H17N3O2/c1-9-4-2-3-5-11(9)16-8-10(7-15-16)13(18)12(17)6-14/h2-5,7-8,12-13,17-18H,6,14H2,1H3. The summed E-state index contributed by atoms with van der Waals surface area (Å²) in [4.78, 5) is 0. The third-order valence-corrected chi connectivity index (χ3v) is 2.91. The summed E-state index contributed by atoms with van der Waals surface area (Å²) in [7, 11) is 0. The minimum Gasteiger partial charge on any atom is -0.389 e.